The number of sulfonamides is 1. The minimum atomic E-state index is -3.17. The number of halogens is 1. The largest absolute Gasteiger partial charge is 0.287 e. The molecule has 0 radical (unpaired) electrons. The summed E-state index contributed by atoms with van der Waals surface area (Å²) in [7, 11) is -1.27. The normalized spacial score (nSPS) is 21.0. The van der Waals surface area contributed by atoms with Gasteiger partial charge in [-0.15, -0.1) is 0 Å². The van der Waals surface area contributed by atoms with E-state index in [-0.39, 0.29) is 5.75 Å². The first kappa shape index (κ1) is 11.7. The van der Waals surface area contributed by atoms with Crippen molar-refractivity contribution in [3.05, 3.63) is 29.3 Å². The van der Waals surface area contributed by atoms with Crippen molar-refractivity contribution in [3.8, 4) is 0 Å². The number of hydrogen-bond acceptors (Lipinski definition) is 3. The minimum Gasteiger partial charge on any atom is -0.287 e. The highest BCUT2D eigenvalue weighted by atomic mass is 35.5. The van der Waals surface area contributed by atoms with Gasteiger partial charge in [0, 0.05) is 11.6 Å². The van der Waals surface area contributed by atoms with Crippen molar-refractivity contribution in [2.24, 2.45) is 0 Å². The van der Waals surface area contributed by atoms with Crippen molar-refractivity contribution >= 4 is 27.3 Å². The Morgan fingerprint density at radius 1 is 1.25 bits per heavy atom. The van der Waals surface area contributed by atoms with E-state index >= 15 is 0 Å². The molecule has 1 aromatic rings. The van der Waals surface area contributed by atoms with Crippen molar-refractivity contribution in [1.29, 1.82) is 0 Å². The molecule has 0 amide bonds. The van der Waals surface area contributed by atoms with E-state index in [9.17, 15) is 8.42 Å². The molecule has 0 bridgehead atoms. The first-order valence-electron chi connectivity index (χ1n) is 4.93. The Bertz CT molecular complexity index is 472. The average Bonchev–Trinajstić information content (AvgIpc) is 2.23. The van der Waals surface area contributed by atoms with Crippen LogP contribution in [0.4, 0.5) is 5.69 Å². The van der Waals surface area contributed by atoms with Crippen molar-refractivity contribution < 1.29 is 8.42 Å². The van der Waals surface area contributed by atoms with E-state index in [1.165, 1.54) is 4.31 Å². The van der Waals surface area contributed by atoms with Gasteiger partial charge in [-0.25, -0.2) is 8.42 Å². The summed E-state index contributed by atoms with van der Waals surface area (Å²) in [5.41, 5.74) is 0.663. The van der Waals surface area contributed by atoms with Crippen LogP contribution in [0.5, 0.6) is 0 Å². The van der Waals surface area contributed by atoms with Crippen molar-refractivity contribution in [1.82, 2.24) is 4.90 Å². The molecule has 16 heavy (non-hydrogen) atoms. The molecule has 0 unspecified atom stereocenters. The second kappa shape index (κ2) is 4.24. The number of anilines is 1. The monoisotopic (exact) mass is 260 g/mol. The van der Waals surface area contributed by atoms with E-state index in [1.807, 2.05) is 11.9 Å². The molecule has 0 aliphatic carbocycles. The predicted octanol–water partition coefficient (Wildman–Crippen LogP) is 1.38. The molecule has 1 fully saturated rings. The first-order chi connectivity index (χ1) is 7.49. The summed E-state index contributed by atoms with van der Waals surface area (Å²) in [4.78, 5) is 1.97. The summed E-state index contributed by atoms with van der Waals surface area (Å²) < 4.78 is 25.2. The Morgan fingerprint density at radius 3 is 2.50 bits per heavy atom. The summed E-state index contributed by atoms with van der Waals surface area (Å²) in [5, 5.41) is 0.603. The van der Waals surface area contributed by atoms with E-state index < -0.39 is 10.0 Å². The van der Waals surface area contributed by atoms with Crippen molar-refractivity contribution in [2.45, 2.75) is 0 Å². The maximum Gasteiger partial charge on any atom is 0.237 e. The zero-order valence-electron chi connectivity index (χ0n) is 8.93. The molecule has 0 aromatic heterocycles. The van der Waals surface area contributed by atoms with Crippen molar-refractivity contribution in [3.63, 3.8) is 0 Å². The van der Waals surface area contributed by atoms with Gasteiger partial charge in [-0.3, -0.25) is 9.21 Å². The number of hydrogen-bond donors (Lipinski definition) is 0. The summed E-state index contributed by atoms with van der Waals surface area (Å²) in [6.07, 6.45) is 0. The lowest BCUT2D eigenvalue weighted by Gasteiger charge is -2.34. The van der Waals surface area contributed by atoms with Gasteiger partial charge in [-0.05, 0) is 31.3 Å². The fourth-order valence-corrected chi connectivity index (χ4v) is 3.31. The highest BCUT2D eigenvalue weighted by molar-refractivity contribution is 7.92. The molecule has 1 heterocycles. The Balaban J connectivity index is 2.34. The van der Waals surface area contributed by atoms with Crippen LogP contribution in [0.15, 0.2) is 24.3 Å². The van der Waals surface area contributed by atoms with E-state index in [0.717, 1.165) is 0 Å². The number of benzene rings is 1. The van der Waals surface area contributed by atoms with Gasteiger partial charge in [0.25, 0.3) is 0 Å². The standard InChI is InChI=1S/C10H13ClN2O2S/c1-12-6-7-16(14,15)13(8-12)10-4-2-9(11)3-5-10/h2-5H,6-8H2,1H3. The quantitative estimate of drug-likeness (QED) is 0.766. The fourth-order valence-electron chi connectivity index (χ4n) is 1.61. The van der Waals surface area contributed by atoms with Crippen LogP contribution >= 0.6 is 11.6 Å². The molecule has 1 aliphatic rings. The topological polar surface area (TPSA) is 40.6 Å². The van der Waals surface area contributed by atoms with Crippen LogP contribution in [0.3, 0.4) is 0 Å². The van der Waals surface area contributed by atoms with E-state index in [1.54, 1.807) is 24.3 Å². The second-order valence-corrected chi connectivity index (χ2v) is 6.31. The van der Waals surface area contributed by atoms with Crippen LogP contribution in [0.2, 0.25) is 5.02 Å². The Kier molecular flexibility index (Phi) is 3.10. The lowest BCUT2D eigenvalue weighted by atomic mass is 10.3. The molecule has 1 saturated heterocycles. The first-order valence-corrected chi connectivity index (χ1v) is 6.92. The minimum absolute atomic E-state index is 0.159. The molecular formula is C10H13ClN2O2S. The molecule has 0 atom stereocenters. The van der Waals surface area contributed by atoms with Gasteiger partial charge in [-0.2, -0.15) is 0 Å². The van der Waals surface area contributed by atoms with Gasteiger partial charge in [0.2, 0.25) is 10.0 Å². The van der Waals surface area contributed by atoms with Crippen LogP contribution < -0.4 is 4.31 Å². The number of rotatable bonds is 1. The van der Waals surface area contributed by atoms with Crippen molar-refractivity contribution in [2.75, 3.05) is 30.3 Å². The van der Waals surface area contributed by atoms with Gasteiger partial charge < -0.3 is 0 Å². The molecule has 0 spiro atoms. The Morgan fingerprint density at radius 2 is 1.88 bits per heavy atom. The maximum atomic E-state index is 11.9. The molecular weight excluding hydrogens is 248 g/mol. The number of nitrogens with zero attached hydrogens (tertiary/aromatic N) is 2. The molecule has 88 valence electrons. The zero-order chi connectivity index (χ0) is 11.8. The third-order valence-corrected chi connectivity index (χ3v) is 4.50. The molecule has 0 saturated carbocycles. The summed E-state index contributed by atoms with van der Waals surface area (Å²) in [6, 6.07) is 6.83. The Hall–Kier alpha value is -0.780. The van der Waals surface area contributed by atoms with E-state index in [0.29, 0.717) is 23.9 Å². The van der Waals surface area contributed by atoms with Gasteiger partial charge in [0.1, 0.15) is 0 Å². The van der Waals surface area contributed by atoms with Crippen LogP contribution in [-0.4, -0.2) is 39.3 Å². The average molecular weight is 261 g/mol. The third kappa shape index (κ3) is 2.31. The van der Waals surface area contributed by atoms with E-state index in [2.05, 4.69) is 0 Å². The smallest absolute Gasteiger partial charge is 0.237 e. The summed E-state index contributed by atoms with van der Waals surface area (Å²) in [5.74, 6) is 0.159. The lowest BCUT2D eigenvalue weighted by Crippen LogP contribution is -2.48. The van der Waals surface area contributed by atoms with Crippen LogP contribution in [0.1, 0.15) is 0 Å². The predicted molar refractivity (Wildman–Crippen MR) is 65.2 cm³/mol. The Labute approximate surface area is 100 Å². The van der Waals surface area contributed by atoms with Crippen LogP contribution in [-0.2, 0) is 10.0 Å². The maximum absolute atomic E-state index is 11.9. The molecule has 1 aliphatic heterocycles. The molecule has 0 N–H and O–H groups in total. The summed E-state index contributed by atoms with van der Waals surface area (Å²) in [6.45, 7) is 0.969. The van der Waals surface area contributed by atoms with Gasteiger partial charge >= 0.3 is 0 Å². The van der Waals surface area contributed by atoms with Crippen LogP contribution in [0.25, 0.3) is 0 Å². The molecule has 1 aromatic carbocycles. The molecule has 4 nitrogen and oxygen atoms in total. The lowest BCUT2D eigenvalue weighted by molar-refractivity contribution is 0.350. The summed E-state index contributed by atoms with van der Waals surface area (Å²) >= 11 is 5.77. The van der Waals surface area contributed by atoms with Gasteiger partial charge in [0.15, 0.2) is 0 Å². The molecule has 6 heteroatoms. The fraction of sp³-hybridized carbons (Fsp3) is 0.400. The van der Waals surface area contributed by atoms with E-state index in [4.69, 9.17) is 11.6 Å². The second-order valence-electron chi connectivity index (χ2n) is 3.86. The third-order valence-electron chi connectivity index (χ3n) is 2.55. The van der Waals surface area contributed by atoms with Gasteiger partial charge in [0.05, 0.1) is 18.1 Å². The SMILES string of the molecule is CN1CCS(=O)(=O)N(c2ccc(Cl)cc2)C1. The highest BCUT2D eigenvalue weighted by Crippen LogP contribution is 2.23. The highest BCUT2D eigenvalue weighted by Gasteiger charge is 2.28. The van der Waals surface area contributed by atoms with Crippen LogP contribution in [0, 0.1) is 0 Å². The molecule has 2 rings (SSSR count). The zero-order valence-corrected chi connectivity index (χ0v) is 10.5. The van der Waals surface area contributed by atoms with Gasteiger partial charge in [-0.1, -0.05) is 11.6 Å².